The summed E-state index contributed by atoms with van der Waals surface area (Å²) >= 11 is 2.09. The fourth-order valence-corrected chi connectivity index (χ4v) is 4.73. The number of hydrogen-bond acceptors (Lipinski definition) is 5. The second-order valence-electron chi connectivity index (χ2n) is 6.60. The van der Waals surface area contributed by atoms with Gasteiger partial charge in [-0.25, -0.2) is 4.68 Å². The smallest absolute Gasteiger partial charge is 0.573 e. The molecule has 12 heteroatoms. The van der Waals surface area contributed by atoms with E-state index in [-0.39, 0.29) is 11.6 Å². The lowest BCUT2D eigenvalue weighted by Crippen LogP contribution is -2.29. The predicted octanol–water partition coefficient (Wildman–Crippen LogP) is 3.76. The highest BCUT2D eigenvalue weighted by Gasteiger charge is 2.32. The SMILES string of the molecule is O=C(c1cc(-c2cc(Br)cc(OC(F)(F)F)c2)n(-c2cccnc2)n1)N1CC[S+]([O-])C1. The van der Waals surface area contributed by atoms with Crippen LogP contribution in [0.2, 0.25) is 0 Å². The highest BCUT2D eigenvalue weighted by atomic mass is 79.9. The van der Waals surface area contributed by atoms with Gasteiger partial charge in [-0.05, 0) is 47.6 Å². The first kappa shape index (κ1) is 21.7. The van der Waals surface area contributed by atoms with Gasteiger partial charge in [0, 0.05) is 16.2 Å². The zero-order valence-electron chi connectivity index (χ0n) is 15.7. The van der Waals surface area contributed by atoms with Crippen molar-refractivity contribution in [3.63, 3.8) is 0 Å². The third-order valence-electron chi connectivity index (χ3n) is 4.40. The van der Waals surface area contributed by atoms with Crippen LogP contribution in [0.25, 0.3) is 16.9 Å². The molecule has 1 unspecified atom stereocenters. The monoisotopic (exact) mass is 514 g/mol. The fourth-order valence-electron chi connectivity index (χ4n) is 3.11. The van der Waals surface area contributed by atoms with Crippen molar-refractivity contribution in [1.82, 2.24) is 19.7 Å². The molecule has 1 aliphatic rings. The molecule has 3 aromatic rings. The Bertz CT molecular complexity index is 1110. The molecule has 1 aliphatic heterocycles. The molecule has 31 heavy (non-hydrogen) atoms. The Hall–Kier alpha value is -2.57. The minimum Gasteiger partial charge on any atom is -0.615 e. The van der Waals surface area contributed by atoms with Crippen LogP contribution in [0.5, 0.6) is 5.75 Å². The molecule has 1 atom stereocenters. The maximum absolute atomic E-state index is 12.9. The molecule has 0 bridgehead atoms. The standard InChI is InChI=1S/C19H14BrF3N4O3S/c20-13-6-12(7-15(8-13)30-19(21,22)23)17-9-16(18(28)26-4-5-31(29)11-26)25-27(17)14-2-1-3-24-10-14/h1-3,6-10H,4-5,11H2. The second kappa shape index (κ2) is 8.52. The number of amides is 1. The summed E-state index contributed by atoms with van der Waals surface area (Å²) in [5.74, 6) is -0.310. The summed E-state index contributed by atoms with van der Waals surface area (Å²) in [4.78, 5) is 18.3. The number of hydrogen-bond donors (Lipinski definition) is 0. The van der Waals surface area contributed by atoms with Crippen molar-refractivity contribution in [3.8, 4) is 22.7 Å². The van der Waals surface area contributed by atoms with Gasteiger partial charge >= 0.3 is 6.36 Å². The van der Waals surface area contributed by atoms with Crippen LogP contribution in [0.3, 0.4) is 0 Å². The quantitative estimate of drug-likeness (QED) is 0.495. The number of halogens is 4. The minimum absolute atomic E-state index is 0.0796. The van der Waals surface area contributed by atoms with E-state index in [2.05, 4.69) is 30.7 Å². The normalized spacial score (nSPS) is 16.5. The van der Waals surface area contributed by atoms with E-state index < -0.39 is 29.2 Å². The number of pyridine rings is 1. The van der Waals surface area contributed by atoms with Gasteiger partial charge in [-0.15, -0.1) is 13.2 Å². The van der Waals surface area contributed by atoms with Crippen LogP contribution in [-0.4, -0.2) is 54.7 Å². The van der Waals surface area contributed by atoms with Crippen molar-refractivity contribution in [3.05, 3.63) is 59.0 Å². The van der Waals surface area contributed by atoms with E-state index in [9.17, 15) is 22.5 Å². The molecule has 1 fully saturated rings. The maximum atomic E-state index is 12.9. The number of carbonyl (C=O) groups excluding carboxylic acids is 1. The highest BCUT2D eigenvalue weighted by molar-refractivity contribution is 9.10. The lowest BCUT2D eigenvalue weighted by Gasteiger charge is -2.12. The molecule has 0 radical (unpaired) electrons. The molecule has 1 saturated heterocycles. The summed E-state index contributed by atoms with van der Waals surface area (Å²) in [7, 11) is 0. The average molecular weight is 515 g/mol. The highest BCUT2D eigenvalue weighted by Crippen LogP contribution is 2.33. The molecule has 4 rings (SSSR count). The van der Waals surface area contributed by atoms with Gasteiger partial charge in [0.1, 0.15) is 11.5 Å². The van der Waals surface area contributed by atoms with Gasteiger partial charge < -0.3 is 9.29 Å². The van der Waals surface area contributed by atoms with E-state index in [1.54, 1.807) is 24.4 Å². The molecular formula is C19H14BrF3N4O3S. The molecule has 3 heterocycles. The van der Waals surface area contributed by atoms with Gasteiger partial charge in [-0.1, -0.05) is 15.9 Å². The van der Waals surface area contributed by atoms with E-state index in [4.69, 9.17) is 0 Å². The third kappa shape index (κ3) is 5.02. The largest absolute Gasteiger partial charge is 0.615 e. The molecule has 0 saturated carbocycles. The number of alkyl halides is 3. The molecule has 1 aromatic carbocycles. The van der Waals surface area contributed by atoms with Gasteiger partial charge in [-0.3, -0.25) is 14.7 Å². The van der Waals surface area contributed by atoms with Crippen molar-refractivity contribution in [2.75, 3.05) is 18.2 Å². The Balaban J connectivity index is 1.79. The molecule has 0 N–H and O–H groups in total. The van der Waals surface area contributed by atoms with Gasteiger partial charge in [0.25, 0.3) is 5.91 Å². The first-order valence-electron chi connectivity index (χ1n) is 8.91. The van der Waals surface area contributed by atoms with Crippen molar-refractivity contribution >= 4 is 33.0 Å². The van der Waals surface area contributed by atoms with Gasteiger partial charge in [0.2, 0.25) is 0 Å². The fraction of sp³-hybridized carbons (Fsp3) is 0.211. The Kier molecular flexibility index (Phi) is 5.95. The first-order chi connectivity index (χ1) is 14.7. The van der Waals surface area contributed by atoms with Crippen LogP contribution in [0.1, 0.15) is 10.5 Å². The van der Waals surface area contributed by atoms with Gasteiger partial charge in [-0.2, -0.15) is 5.10 Å². The van der Waals surface area contributed by atoms with Crippen molar-refractivity contribution < 1.29 is 27.3 Å². The summed E-state index contributed by atoms with van der Waals surface area (Å²) < 4.78 is 55.7. The number of ether oxygens (including phenoxy) is 1. The lowest BCUT2D eigenvalue weighted by molar-refractivity contribution is -0.274. The Morgan fingerprint density at radius 2 is 2.06 bits per heavy atom. The van der Waals surface area contributed by atoms with Crippen molar-refractivity contribution in [1.29, 1.82) is 0 Å². The first-order valence-corrected chi connectivity index (χ1v) is 11.2. The van der Waals surface area contributed by atoms with Crippen LogP contribution in [-0.2, 0) is 11.2 Å². The van der Waals surface area contributed by atoms with Crippen molar-refractivity contribution in [2.24, 2.45) is 0 Å². The molecule has 162 valence electrons. The summed E-state index contributed by atoms with van der Waals surface area (Å²) in [6.07, 6.45) is -1.78. The lowest BCUT2D eigenvalue weighted by atomic mass is 10.1. The Labute approximate surface area is 186 Å². The van der Waals surface area contributed by atoms with Crippen LogP contribution in [0.4, 0.5) is 13.2 Å². The summed E-state index contributed by atoms with van der Waals surface area (Å²) in [6.45, 7) is 0.348. The zero-order chi connectivity index (χ0) is 22.2. The average Bonchev–Trinajstić information content (AvgIpc) is 3.33. The van der Waals surface area contributed by atoms with E-state index in [1.807, 2.05) is 0 Å². The van der Waals surface area contributed by atoms with Crippen LogP contribution in [0, 0.1) is 0 Å². The van der Waals surface area contributed by atoms with Crippen molar-refractivity contribution in [2.45, 2.75) is 6.36 Å². The maximum Gasteiger partial charge on any atom is 0.573 e. The summed E-state index contributed by atoms with van der Waals surface area (Å²) in [6, 6.07) is 8.84. The molecule has 2 aromatic heterocycles. The minimum atomic E-state index is -4.85. The second-order valence-corrected chi connectivity index (χ2v) is 9.06. The number of aromatic nitrogens is 3. The van der Waals surface area contributed by atoms with Crippen LogP contribution < -0.4 is 4.74 Å². The number of rotatable bonds is 4. The van der Waals surface area contributed by atoms with E-state index in [0.717, 1.165) is 0 Å². The van der Waals surface area contributed by atoms with E-state index in [0.29, 0.717) is 33.7 Å². The summed E-state index contributed by atoms with van der Waals surface area (Å²) in [5, 5.41) is 4.37. The number of carbonyl (C=O) groups is 1. The zero-order valence-corrected chi connectivity index (χ0v) is 18.1. The predicted molar refractivity (Wildman–Crippen MR) is 110 cm³/mol. The van der Waals surface area contributed by atoms with E-state index in [1.165, 1.54) is 34.0 Å². The summed E-state index contributed by atoms with van der Waals surface area (Å²) in [5.41, 5.74) is 1.30. The molecule has 0 spiro atoms. The molecule has 7 nitrogen and oxygen atoms in total. The van der Waals surface area contributed by atoms with E-state index >= 15 is 0 Å². The Morgan fingerprint density at radius 3 is 2.71 bits per heavy atom. The van der Waals surface area contributed by atoms with Crippen LogP contribution >= 0.6 is 15.9 Å². The van der Waals surface area contributed by atoms with Gasteiger partial charge in [0.15, 0.2) is 11.6 Å². The third-order valence-corrected chi connectivity index (χ3v) is 6.09. The van der Waals surface area contributed by atoms with Crippen LogP contribution in [0.15, 0.2) is 53.3 Å². The number of nitrogens with zero attached hydrogens (tertiary/aromatic N) is 4. The van der Waals surface area contributed by atoms with Gasteiger partial charge in [0.05, 0.1) is 24.1 Å². The molecule has 0 aliphatic carbocycles. The number of benzene rings is 1. The molecular weight excluding hydrogens is 501 g/mol. The Morgan fingerprint density at radius 1 is 1.26 bits per heavy atom. The topological polar surface area (TPSA) is 83.3 Å². The molecule has 1 amide bonds.